The van der Waals surface area contributed by atoms with E-state index in [-0.39, 0.29) is 24.0 Å². The van der Waals surface area contributed by atoms with Crippen LogP contribution in [-0.2, 0) is 11.2 Å². The van der Waals surface area contributed by atoms with E-state index in [9.17, 15) is 0 Å². The maximum Gasteiger partial charge on any atom is 0.193 e. The highest BCUT2D eigenvalue weighted by atomic mass is 127. The molecule has 0 aliphatic carbocycles. The Balaban J connectivity index is 0.00000264. The zero-order valence-corrected chi connectivity index (χ0v) is 17.1. The molecule has 1 aliphatic rings. The van der Waals surface area contributed by atoms with Gasteiger partial charge in [0.25, 0.3) is 0 Å². The Morgan fingerprint density at radius 2 is 2.00 bits per heavy atom. The number of nitrogens with one attached hydrogen (secondary N) is 1. The molecule has 1 heterocycles. The number of nitrogens with zero attached hydrogens (tertiary/aromatic N) is 2. The van der Waals surface area contributed by atoms with Crippen LogP contribution in [0.2, 0.25) is 0 Å². The summed E-state index contributed by atoms with van der Waals surface area (Å²) in [5.41, 5.74) is 4.04. The molecule has 1 N–H and O–H groups in total. The summed E-state index contributed by atoms with van der Waals surface area (Å²) in [5, 5.41) is 3.47. The van der Waals surface area contributed by atoms with Gasteiger partial charge in [0, 0.05) is 39.7 Å². The third-order valence-corrected chi connectivity index (χ3v) is 4.11. The van der Waals surface area contributed by atoms with Crippen molar-refractivity contribution >= 4 is 29.9 Å². The van der Waals surface area contributed by atoms with Crippen LogP contribution in [0.15, 0.2) is 23.2 Å². The first-order chi connectivity index (χ1) is 10.6. The minimum Gasteiger partial charge on any atom is -0.381 e. The molecule has 5 heteroatoms. The average Bonchev–Trinajstić information content (AvgIpc) is 2.95. The van der Waals surface area contributed by atoms with Crippen molar-refractivity contribution in [3.63, 3.8) is 0 Å². The van der Waals surface area contributed by atoms with Crippen LogP contribution in [0.3, 0.4) is 0 Å². The van der Waals surface area contributed by atoms with Gasteiger partial charge in [-0.15, -0.1) is 24.0 Å². The molecule has 0 saturated carbocycles. The van der Waals surface area contributed by atoms with E-state index in [0.29, 0.717) is 5.92 Å². The molecule has 1 aliphatic heterocycles. The number of rotatable bonds is 5. The largest absolute Gasteiger partial charge is 0.381 e. The van der Waals surface area contributed by atoms with Crippen molar-refractivity contribution in [3.05, 3.63) is 34.9 Å². The van der Waals surface area contributed by atoms with Gasteiger partial charge in [0.2, 0.25) is 0 Å². The Kier molecular flexibility index (Phi) is 8.91. The van der Waals surface area contributed by atoms with E-state index in [0.717, 1.165) is 45.1 Å². The summed E-state index contributed by atoms with van der Waals surface area (Å²) < 4.78 is 5.45. The molecule has 1 saturated heterocycles. The smallest absolute Gasteiger partial charge is 0.193 e. The Morgan fingerprint density at radius 1 is 1.30 bits per heavy atom. The number of aryl methyl sites for hydroxylation is 2. The first-order valence-corrected chi connectivity index (χ1v) is 8.15. The fraction of sp³-hybridized carbons (Fsp3) is 0.611. The van der Waals surface area contributed by atoms with Gasteiger partial charge in [0.1, 0.15) is 0 Å². The zero-order valence-electron chi connectivity index (χ0n) is 14.8. The molecule has 0 spiro atoms. The zero-order chi connectivity index (χ0) is 15.9. The minimum absolute atomic E-state index is 0. The molecule has 0 aromatic heterocycles. The quantitative estimate of drug-likeness (QED) is 0.443. The van der Waals surface area contributed by atoms with E-state index in [1.165, 1.54) is 16.7 Å². The molecule has 130 valence electrons. The summed E-state index contributed by atoms with van der Waals surface area (Å²) in [6, 6.07) is 6.74. The summed E-state index contributed by atoms with van der Waals surface area (Å²) in [6.07, 6.45) is 2.17. The predicted octanol–water partition coefficient (Wildman–Crippen LogP) is 3.01. The molecule has 1 unspecified atom stereocenters. The van der Waals surface area contributed by atoms with Gasteiger partial charge < -0.3 is 15.0 Å². The number of guanidine groups is 1. The van der Waals surface area contributed by atoms with Crippen molar-refractivity contribution in [2.75, 3.05) is 40.4 Å². The molecule has 2 rings (SSSR count). The van der Waals surface area contributed by atoms with E-state index in [4.69, 9.17) is 4.74 Å². The summed E-state index contributed by atoms with van der Waals surface area (Å²) in [7, 11) is 3.95. The van der Waals surface area contributed by atoms with Crippen molar-refractivity contribution in [2.45, 2.75) is 26.7 Å². The first-order valence-electron chi connectivity index (χ1n) is 8.15. The van der Waals surface area contributed by atoms with Crippen molar-refractivity contribution in [3.8, 4) is 0 Å². The van der Waals surface area contributed by atoms with E-state index in [1.807, 2.05) is 7.05 Å². The lowest BCUT2D eigenvalue weighted by Gasteiger charge is -2.24. The fourth-order valence-electron chi connectivity index (χ4n) is 3.12. The second-order valence-electron chi connectivity index (χ2n) is 6.33. The molecule has 0 bridgehead atoms. The second-order valence-corrected chi connectivity index (χ2v) is 6.33. The van der Waals surface area contributed by atoms with Gasteiger partial charge in [-0.05, 0) is 32.3 Å². The Morgan fingerprint density at radius 3 is 2.57 bits per heavy atom. The summed E-state index contributed by atoms with van der Waals surface area (Å²) >= 11 is 0. The van der Waals surface area contributed by atoms with Crippen LogP contribution in [0.1, 0.15) is 23.1 Å². The summed E-state index contributed by atoms with van der Waals surface area (Å²) in [5.74, 6) is 1.60. The highest BCUT2D eigenvalue weighted by Crippen LogP contribution is 2.13. The van der Waals surface area contributed by atoms with Gasteiger partial charge in [0.15, 0.2) is 5.96 Å². The maximum atomic E-state index is 5.45. The third kappa shape index (κ3) is 6.67. The number of ether oxygens (including phenoxy) is 1. The fourth-order valence-corrected chi connectivity index (χ4v) is 3.12. The topological polar surface area (TPSA) is 36.9 Å². The van der Waals surface area contributed by atoms with Crippen molar-refractivity contribution in [1.29, 1.82) is 0 Å². The second kappa shape index (κ2) is 10.1. The van der Waals surface area contributed by atoms with E-state index in [2.05, 4.69) is 54.3 Å². The van der Waals surface area contributed by atoms with Crippen LogP contribution in [0.25, 0.3) is 0 Å². The van der Waals surface area contributed by atoms with Crippen LogP contribution >= 0.6 is 24.0 Å². The van der Waals surface area contributed by atoms with Gasteiger partial charge in [-0.2, -0.15) is 0 Å². The van der Waals surface area contributed by atoms with Crippen LogP contribution in [-0.4, -0.2) is 51.3 Å². The van der Waals surface area contributed by atoms with Crippen LogP contribution in [0, 0.1) is 19.8 Å². The molecular weight excluding hydrogens is 401 g/mol. The Labute approximate surface area is 157 Å². The predicted molar refractivity (Wildman–Crippen MR) is 108 cm³/mol. The number of hydrogen-bond donors (Lipinski definition) is 1. The van der Waals surface area contributed by atoms with Gasteiger partial charge in [-0.3, -0.25) is 4.99 Å². The number of benzene rings is 1. The molecule has 23 heavy (non-hydrogen) atoms. The van der Waals surface area contributed by atoms with Crippen LogP contribution in [0.5, 0.6) is 0 Å². The van der Waals surface area contributed by atoms with Gasteiger partial charge in [-0.25, -0.2) is 0 Å². The molecule has 0 radical (unpaired) electrons. The summed E-state index contributed by atoms with van der Waals surface area (Å²) in [6.45, 7) is 7.99. The van der Waals surface area contributed by atoms with Crippen molar-refractivity contribution < 1.29 is 4.74 Å². The van der Waals surface area contributed by atoms with Gasteiger partial charge in [-0.1, -0.05) is 29.3 Å². The van der Waals surface area contributed by atoms with Gasteiger partial charge in [0.05, 0.1) is 6.61 Å². The SMILES string of the molecule is CN=C(NCCc1cc(C)cc(C)c1)N(C)CC1CCOC1.I. The van der Waals surface area contributed by atoms with E-state index in [1.54, 1.807) is 0 Å². The lowest BCUT2D eigenvalue weighted by molar-refractivity contribution is 0.181. The molecule has 1 fully saturated rings. The normalized spacial score (nSPS) is 17.7. The molecule has 0 amide bonds. The van der Waals surface area contributed by atoms with E-state index >= 15 is 0 Å². The minimum atomic E-state index is 0. The lowest BCUT2D eigenvalue weighted by atomic mass is 10.1. The molecule has 1 atom stereocenters. The molecule has 1 aromatic rings. The van der Waals surface area contributed by atoms with E-state index < -0.39 is 0 Å². The highest BCUT2D eigenvalue weighted by molar-refractivity contribution is 14.0. The number of aliphatic imine (C=N–C) groups is 1. The lowest BCUT2D eigenvalue weighted by Crippen LogP contribution is -2.42. The van der Waals surface area contributed by atoms with Crippen LogP contribution in [0.4, 0.5) is 0 Å². The monoisotopic (exact) mass is 431 g/mol. The Bertz CT molecular complexity index is 493. The molecule has 1 aromatic carbocycles. The molecule has 4 nitrogen and oxygen atoms in total. The highest BCUT2D eigenvalue weighted by Gasteiger charge is 2.18. The summed E-state index contributed by atoms with van der Waals surface area (Å²) in [4.78, 5) is 6.60. The standard InChI is InChI=1S/C18H29N3O.HI/c1-14-9-15(2)11-16(10-14)5-7-20-18(19-3)21(4)12-17-6-8-22-13-17;/h9-11,17H,5-8,12-13H2,1-4H3,(H,19,20);1H. The van der Waals surface area contributed by atoms with Crippen molar-refractivity contribution in [1.82, 2.24) is 10.2 Å². The third-order valence-electron chi connectivity index (χ3n) is 4.11. The molecular formula is C18H30IN3O. The van der Waals surface area contributed by atoms with Gasteiger partial charge >= 0.3 is 0 Å². The first kappa shape index (κ1) is 20.2. The van der Waals surface area contributed by atoms with Crippen molar-refractivity contribution in [2.24, 2.45) is 10.9 Å². The Hall–Kier alpha value is -0.820. The average molecular weight is 431 g/mol. The maximum absolute atomic E-state index is 5.45. The number of hydrogen-bond acceptors (Lipinski definition) is 2. The van der Waals surface area contributed by atoms with Crippen LogP contribution < -0.4 is 5.32 Å². The number of halogens is 1.